The van der Waals surface area contributed by atoms with Crippen LogP contribution >= 0.6 is 15.9 Å². The number of amides is 2. The summed E-state index contributed by atoms with van der Waals surface area (Å²) in [5.74, 6) is -0.394. The van der Waals surface area contributed by atoms with Crippen LogP contribution in [-0.4, -0.2) is 23.3 Å². The molecule has 0 spiro atoms. The van der Waals surface area contributed by atoms with Gasteiger partial charge in [-0.2, -0.15) is 0 Å². The molecule has 0 aliphatic carbocycles. The zero-order valence-electron chi connectivity index (χ0n) is 15.4. The first-order chi connectivity index (χ1) is 13.5. The van der Waals surface area contributed by atoms with E-state index in [1.165, 1.54) is 0 Å². The minimum atomic E-state index is -0.366. The van der Waals surface area contributed by atoms with Crippen molar-refractivity contribution < 1.29 is 9.59 Å². The summed E-state index contributed by atoms with van der Waals surface area (Å²) in [5.41, 5.74) is 4.23. The fourth-order valence-electron chi connectivity index (χ4n) is 3.60. The van der Waals surface area contributed by atoms with Gasteiger partial charge in [-0.05, 0) is 46.6 Å². The van der Waals surface area contributed by atoms with Crippen LogP contribution < -0.4 is 5.32 Å². The molecular formula is C23H19BrN2O2. The summed E-state index contributed by atoms with van der Waals surface area (Å²) >= 11 is 3.47. The van der Waals surface area contributed by atoms with Crippen LogP contribution in [0.4, 0.5) is 5.69 Å². The summed E-state index contributed by atoms with van der Waals surface area (Å²) in [6, 6.07) is 22.7. The molecule has 1 heterocycles. The number of benzene rings is 3. The molecule has 0 saturated carbocycles. The van der Waals surface area contributed by atoms with Crippen molar-refractivity contribution in [3.63, 3.8) is 0 Å². The Morgan fingerprint density at radius 2 is 1.75 bits per heavy atom. The number of hydrogen-bond donors (Lipinski definition) is 1. The maximum atomic E-state index is 13.5. The molecule has 0 radical (unpaired) electrons. The predicted octanol–water partition coefficient (Wildman–Crippen LogP) is 4.94. The molecule has 3 aromatic carbocycles. The molecule has 140 valence electrons. The largest absolute Gasteiger partial charge is 0.324 e. The first-order valence-electron chi connectivity index (χ1n) is 9.05. The summed E-state index contributed by atoms with van der Waals surface area (Å²) in [6.07, 6.45) is 0. The number of halogens is 1. The van der Waals surface area contributed by atoms with E-state index in [0.29, 0.717) is 10.0 Å². The first-order valence-corrected chi connectivity index (χ1v) is 9.85. The SMILES string of the molecule is Cc1ccc2c(c1)C(c1ccccc1)N(C(=O)c1ccccc1Br)CC(=O)N2. The van der Waals surface area contributed by atoms with Gasteiger partial charge in [0.1, 0.15) is 6.54 Å². The Bertz CT molecular complexity index is 1050. The second kappa shape index (κ2) is 7.60. The van der Waals surface area contributed by atoms with Crippen molar-refractivity contribution in [1.29, 1.82) is 0 Å². The Hall–Kier alpha value is -2.92. The van der Waals surface area contributed by atoms with Crippen LogP contribution in [0.3, 0.4) is 0 Å². The lowest BCUT2D eigenvalue weighted by atomic mass is 9.94. The van der Waals surface area contributed by atoms with Crippen molar-refractivity contribution in [3.8, 4) is 0 Å². The van der Waals surface area contributed by atoms with E-state index >= 15 is 0 Å². The van der Waals surface area contributed by atoms with Crippen LogP contribution in [0.2, 0.25) is 0 Å². The molecule has 5 heteroatoms. The second-order valence-electron chi connectivity index (χ2n) is 6.87. The topological polar surface area (TPSA) is 49.4 Å². The molecule has 2 amide bonds. The Morgan fingerprint density at radius 1 is 1.04 bits per heavy atom. The Kier molecular flexibility index (Phi) is 5.01. The van der Waals surface area contributed by atoms with Crippen LogP contribution in [0, 0.1) is 6.92 Å². The molecule has 1 N–H and O–H groups in total. The van der Waals surface area contributed by atoms with Gasteiger partial charge in [-0.1, -0.05) is 60.2 Å². The molecule has 0 aromatic heterocycles. The zero-order chi connectivity index (χ0) is 19.7. The minimum absolute atomic E-state index is 0.0204. The van der Waals surface area contributed by atoms with Gasteiger partial charge in [0.15, 0.2) is 0 Å². The number of carbonyl (C=O) groups excluding carboxylic acids is 2. The quantitative estimate of drug-likeness (QED) is 0.620. The lowest BCUT2D eigenvalue weighted by molar-refractivity contribution is -0.117. The average molecular weight is 435 g/mol. The fraction of sp³-hybridized carbons (Fsp3) is 0.130. The van der Waals surface area contributed by atoms with Gasteiger partial charge in [-0.25, -0.2) is 0 Å². The number of aryl methyl sites for hydroxylation is 1. The number of fused-ring (bicyclic) bond motifs is 1. The van der Waals surface area contributed by atoms with Gasteiger partial charge in [0, 0.05) is 15.7 Å². The molecule has 28 heavy (non-hydrogen) atoms. The number of nitrogens with one attached hydrogen (secondary N) is 1. The molecule has 3 aromatic rings. The molecule has 1 aliphatic heterocycles. The Labute approximate surface area is 172 Å². The number of nitrogens with zero attached hydrogens (tertiary/aromatic N) is 1. The summed E-state index contributed by atoms with van der Waals surface area (Å²) in [6.45, 7) is 1.99. The summed E-state index contributed by atoms with van der Waals surface area (Å²) in [5, 5.41) is 2.96. The first kappa shape index (κ1) is 18.4. The number of carbonyl (C=O) groups is 2. The van der Waals surface area contributed by atoms with Gasteiger partial charge < -0.3 is 10.2 Å². The number of hydrogen-bond acceptors (Lipinski definition) is 2. The van der Waals surface area contributed by atoms with Crippen LogP contribution in [0.1, 0.15) is 33.1 Å². The van der Waals surface area contributed by atoms with E-state index in [0.717, 1.165) is 22.4 Å². The van der Waals surface area contributed by atoms with Gasteiger partial charge in [-0.15, -0.1) is 0 Å². The van der Waals surface area contributed by atoms with E-state index in [1.54, 1.807) is 11.0 Å². The predicted molar refractivity (Wildman–Crippen MR) is 113 cm³/mol. The van der Waals surface area contributed by atoms with Crippen molar-refractivity contribution in [2.24, 2.45) is 0 Å². The maximum Gasteiger partial charge on any atom is 0.256 e. The van der Waals surface area contributed by atoms with E-state index in [4.69, 9.17) is 0 Å². The third-order valence-electron chi connectivity index (χ3n) is 4.88. The van der Waals surface area contributed by atoms with E-state index < -0.39 is 0 Å². The van der Waals surface area contributed by atoms with Crippen molar-refractivity contribution in [3.05, 3.63) is 99.5 Å². The molecule has 1 unspecified atom stereocenters. The highest BCUT2D eigenvalue weighted by Crippen LogP contribution is 2.37. The number of rotatable bonds is 2. The van der Waals surface area contributed by atoms with Gasteiger partial charge in [-0.3, -0.25) is 9.59 Å². The standard InChI is InChI=1S/C23H19BrN2O2/c1-15-11-12-20-18(13-15)22(16-7-3-2-4-8-16)26(14-21(27)25-20)23(28)17-9-5-6-10-19(17)24/h2-13,22H,14H2,1H3,(H,25,27). The molecule has 0 fully saturated rings. The van der Waals surface area contributed by atoms with Gasteiger partial charge in [0.25, 0.3) is 5.91 Å². The lowest BCUT2D eigenvalue weighted by Gasteiger charge is -2.31. The lowest BCUT2D eigenvalue weighted by Crippen LogP contribution is -2.39. The molecule has 0 saturated heterocycles. The van der Waals surface area contributed by atoms with Crippen LogP contribution in [0.15, 0.2) is 77.3 Å². The van der Waals surface area contributed by atoms with Crippen molar-refractivity contribution >= 4 is 33.4 Å². The second-order valence-corrected chi connectivity index (χ2v) is 7.72. The minimum Gasteiger partial charge on any atom is -0.324 e. The summed E-state index contributed by atoms with van der Waals surface area (Å²) in [4.78, 5) is 27.8. The molecule has 1 aliphatic rings. The van der Waals surface area contributed by atoms with Gasteiger partial charge >= 0.3 is 0 Å². The molecule has 0 bridgehead atoms. The maximum absolute atomic E-state index is 13.5. The highest BCUT2D eigenvalue weighted by Gasteiger charge is 2.34. The highest BCUT2D eigenvalue weighted by atomic mass is 79.9. The van der Waals surface area contributed by atoms with E-state index in [-0.39, 0.29) is 24.4 Å². The molecule has 4 rings (SSSR count). The van der Waals surface area contributed by atoms with Crippen LogP contribution in [0.5, 0.6) is 0 Å². The third-order valence-corrected chi connectivity index (χ3v) is 5.57. The average Bonchev–Trinajstić information content (AvgIpc) is 2.84. The van der Waals surface area contributed by atoms with Crippen molar-refractivity contribution in [2.45, 2.75) is 13.0 Å². The van der Waals surface area contributed by atoms with Crippen molar-refractivity contribution in [1.82, 2.24) is 4.90 Å². The Morgan fingerprint density at radius 3 is 2.50 bits per heavy atom. The number of anilines is 1. The van der Waals surface area contributed by atoms with E-state index in [1.807, 2.05) is 73.7 Å². The van der Waals surface area contributed by atoms with Crippen LogP contribution in [-0.2, 0) is 4.79 Å². The zero-order valence-corrected chi connectivity index (χ0v) is 16.9. The fourth-order valence-corrected chi connectivity index (χ4v) is 4.05. The van der Waals surface area contributed by atoms with E-state index in [9.17, 15) is 9.59 Å². The monoisotopic (exact) mass is 434 g/mol. The van der Waals surface area contributed by atoms with Gasteiger partial charge in [0.05, 0.1) is 11.6 Å². The molecule has 1 atom stereocenters. The third kappa shape index (κ3) is 3.45. The van der Waals surface area contributed by atoms with Crippen molar-refractivity contribution in [2.75, 3.05) is 11.9 Å². The summed E-state index contributed by atoms with van der Waals surface area (Å²) in [7, 11) is 0. The molecule has 4 nitrogen and oxygen atoms in total. The highest BCUT2D eigenvalue weighted by molar-refractivity contribution is 9.10. The molecular weight excluding hydrogens is 416 g/mol. The normalized spacial score (nSPS) is 16.1. The summed E-state index contributed by atoms with van der Waals surface area (Å²) < 4.78 is 0.709. The van der Waals surface area contributed by atoms with Crippen LogP contribution in [0.25, 0.3) is 0 Å². The van der Waals surface area contributed by atoms with E-state index in [2.05, 4.69) is 21.2 Å². The smallest absolute Gasteiger partial charge is 0.256 e. The Balaban J connectivity index is 1.91. The van der Waals surface area contributed by atoms with Gasteiger partial charge in [0.2, 0.25) is 5.91 Å².